The minimum absolute atomic E-state index is 0.0121. The summed E-state index contributed by atoms with van der Waals surface area (Å²) in [7, 11) is 0. The van der Waals surface area contributed by atoms with E-state index in [2.05, 4.69) is 5.32 Å². The van der Waals surface area contributed by atoms with E-state index in [4.69, 9.17) is 0 Å². The van der Waals surface area contributed by atoms with Gasteiger partial charge in [0.15, 0.2) is 0 Å². The van der Waals surface area contributed by atoms with Gasteiger partial charge in [0.1, 0.15) is 11.6 Å². The van der Waals surface area contributed by atoms with Crippen LogP contribution in [0.2, 0.25) is 0 Å². The number of anilines is 1. The normalized spacial score (nSPS) is 10.4. The number of nitrogens with zero attached hydrogens (tertiary/aromatic N) is 1. The Morgan fingerprint density at radius 1 is 0.962 bits per heavy atom. The van der Waals surface area contributed by atoms with Crippen molar-refractivity contribution in [3.63, 3.8) is 0 Å². The van der Waals surface area contributed by atoms with Gasteiger partial charge in [0.05, 0.1) is 10.6 Å². The molecule has 0 saturated heterocycles. The molecule has 0 heterocycles. The molecule has 0 aromatic heterocycles. The summed E-state index contributed by atoms with van der Waals surface area (Å²) in [6, 6.07) is 15.3. The lowest BCUT2D eigenvalue weighted by molar-refractivity contribution is -0.384. The van der Waals surface area contributed by atoms with Gasteiger partial charge >= 0.3 is 0 Å². The summed E-state index contributed by atoms with van der Waals surface area (Å²) in [5, 5.41) is 13.2. The maximum Gasteiger partial charge on any atom is 0.270 e. The van der Waals surface area contributed by atoms with Crippen molar-refractivity contribution in [1.29, 1.82) is 0 Å². The molecule has 0 aliphatic carbocycles. The molecule has 0 atom stereocenters. The van der Waals surface area contributed by atoms with Gasteiger partial charge in [-0.3, -0.25) is 14.9 Å². The van der Waals surface area contributed by atoms with E-state index in [0.717, 1.165) is 12.1 Å². The summed E-state index contributed by atoms with van der Waals surface area (Å²) in [6.07, 6.45) is 0. The molecule has 0 aliphatic heterocycles. The number of non-ortho nitro benzene ring substituents is 1. The number of amides is 1. The molecule has 0 bridgehead atoms. The second-order valence-electron chi connectivity index (χ2n) is 5.44. The summed E-state index contributed by atoms with van der Waals surface area (Å²) in [4.78, 5) is 22.6. The number of carbonyl (C=O) groups excluding carboxylic acids is 1. The minimum Gasteiger partial charge on any atom is -0.319 e. The van der Waals surface area contributed by atoms with Crippen LogP contribution in [0.1, 0.15) is 10.4 Å². The van der Waals surface area contributed by atoms with Crippen LogP contribution in [0.3, 0.4) is 0 Å². The Bertz CT molecular complexity index is 991. The van der Waals surface area contributed by atoms with E-state index in [0.29, 0.717) is 11.6 Å². The van der Waals surface area contributed by atoms with Crippen molar-refractivity contribution >= 4 is 17.3 Å². The third-order valence-corrected chi connectivity index (χ3v) is 3.70. The van der Waals surface area contributed by atoms with Crippen molar-refractivity contribution in [3.8, 4) is 11.1 Å². The second-order valence-corrected chi connectivity index (χ2v) is 5.44. The van der Waals surface area contributed by atoms with Crippen LogP contribution in [-0.2, 0) is 0 Å². The van der Waals surface area contributed by atoms with Crippen LogP contribution in [0.5, 0.6) is 0 Å². The number of hydrogen-bond donors (Lipinski definition) is 1. The second kappa shape index (κ2) is 7.10. The summed E-state index contributed by atoms with van der Waals surface area (Å²) in [5.41, 5.74) is 0.207. The molecule has 0 saturated carbocycles. The number of halogens is 2. The summed E-state index contributed by atoms with van der Waals surface area (Å²) in [5.74, 6) is -2.46. The van der Waals surface area contributed by atoms with Crippen molar-refractivity contribution in [2.24, 2.45) is 0 Å². The third-order valence-electron chi connectivity index (χ3n) is 3.70. The maximum atomic E-state index is 14.3. The van der Waals surface area contributed by atoms with E-state index in [1.165, 1.54) is 18.2 Å². The monoisotopic (exact) mass is 354 g/mol. The van der Waals surface area contributed by atoms with Crippen LogP contribution >= 0.6 is 0 Å². The van der Waals surface area contributed by atoms with Gasteiger partial charge in [0.2, 0.25) is 0 Å². The van der Waals surface area contributed by atoms with Gasteiger partial charge < -0.3 is 5.32 Å². The number of rotatable bonds is 4. The van der Waals surface area contributed by atoms with Crippen LogP contribution in [0.4, 0.5) is 20.2 Å². The van der Waals surface area contributed by atoms with Gasteiger partial charge in [-0.15, -0.1) is 0 Å². The Labute approximate surface area is 147 Å². The highest BCUT2D eigenvalue weighted by Gasteiger charge is 2.18. The van der Waals surface area contributed by atoms with Crippen LogP contribution < -0.4 is 5.32 Å². The van der Waals surface area contributed by atoms with Gasteiger partial charge in [-0.25, -0.2) is 8.78 Å². The fourth-order valence-electron chi connectivity index (χ4n) is 2.49. The summed E-state index contributed by atoms with van der Waals surface area (Å²) >= 11 is 0. The van der Waals surface area contributed by atoms with Gasteiger partial charge in [0.25, 0.3) is 11.6 Å². The van der Waals surface area contributed by atoms with E-state index < -0.39 is 22.5 Å². The molecule has 3 aromatic rings. The average Bonchev–Trinajstić information content (AvgIpc) is 2.64. The molecule has 1 N–H and O–H groups in total. The SMILES string of the molecule is O=C(Nc1c(F)cc(F)cc1-c1ccccc1)c1cccc([N+](=O)[O-])c1. The first kappa shape index (κ1) is 17.2. The molecule has 130 valence electrons. The van der Waals surface area contributed by atoms with Gasteiger partial charge in [-0.2, -0.15) is 0 Å². The number of nitro benzene ring substituents is 1. The number of benzene rings is 3. The van der Waals surface area contributed by atoms with Crippen LogP contribution in [-0.4, -0.2) is 10.8 Å². The first-order valence-electron chi connectivity index (χ1n) is 7.56. The molecule has 0 spiro atoms. The third kappa shape index (κ3) is 3.56. The highest BCUT2D eigenvalue weighted by molar-refractivity contribution is 6.06. The van der Waals surface area contributed by atoms with Crippen molar-refractivity contribution in [2.75, 3.05) is 5.32 Å². The molecule has 1 amide bonds. The zero-order valence-electron chi connectivity index (χ0n) is 13.3. The van der Waals surface area contributed by atoms with Crippen molar-refractivity contribution in [2.45, 2.75) is 0 Å². The molecular formula is C19H12F2N2O3. The molecule has 26 heavy (non-hydrogen) atoms. The lowest BCUT2D eigenvalue weighted by Gasteiger charge is -2.13. The topological polar surface area (TPSA) is 72.2 Å². The standard InChI is InChI=1S/C19H12F2N2O3/c20-14-10-16(12-5-2-1-3-6-12)18(17(21)11-14)22-19(24)13-7-4-8-15(9-13)23(25)26/h1-11H,(H,22,24). The molecule has 0 aliphatic rings. The highest BCUT2D eigenvalue weighted by Crippen LogP contribution is 2.32. The molecular weight excluding hydrogens is 342 g/mol. The lowest BCUT2D eigenvalue weighted by atomic mass is 10.0. The first-order valence-corrected chi connectivity index (χ1v) is 7.56. The molecule has 0 radical (unpaired) electrons. The number of nitrogens with one attached hydrogen (secondary N) is 1. The molecule has 0 unspecified atom stereocenters. The number of carbonyl (C=O) groups is 1. The maximum absolute atomic E-state index is 14.3. The Morgan fingerprint density at radius 2 is 1.69 bits per heavy atom. The Hall–Kier alpha value is -3.61. The van der Waals surface area contributed by atoms with E-state index in [-0.39, 0.29) is 22.5 Å². The van der Waals surface area contributed by atoms with Crippen LogP contribution in [0, 0.1) is 21.7 Å². The van der Waals surface area contributed by atoms with E-state index >= 15 is 0 Å². The molecule has 7 heteroatoms. The van der Waals surface area contributed by atoms with Crippen molar-refractivity contribution in [3.05, 3.63) is 94.0 Å². The minimum atomic E-state index is -0.942. The average molecular weight is 354 g/mol. The van der Waals surface area contributed by atoms with Gasteiger partial charge in [-0.05, 0) is 17.7 Å². The molecule has 5 nitrogen and oxygen atoms in total. The van der Waals surface area contributed by atoms with Gasteiger partial charge in [-0.1, -0.05) is 36.4 Å². The number of hydrogen-bond acceptors (Lipinski definition) is 3. The Kier molecular flexibility index (Phi) is 4.70. The Morgan fingerprint density at radius 3 is 2.38 bits per heavy atom. The zero-order valence-corrected chi connectivity index (χ0v) is 13.3. The predicted octanol–water partition coefficient (Wildman–Crippen LogP) is 4.79. The lowest BCUT2D eigenvalue weighted by Crippen LogP contribution is -2.14. The highest BCUT2D eigenvalue weighted by atomic mass is 19.1. The van der Waals surface area contributed by atoms with Crippen LogP contribution in [0.25, 0.3) is 11.1 Å². The van der Waals surface area contributed by atoms with E-state index in [1.54, 1.807) is 30.3 Å². The van der Waals surface area contributed by atoms with Crippen molar-refractivity contribution < 1.29 is 18.5 Å². The van der Waals surface area contributed by atoms with E-state index in [1.807, 2.05) is 0 Å². The fourth-order valence-corrected chi connectivity index (χ4v) is 2.49. The smallest absolute Gasteiger partial charge is 0.270 e. The van der Waals surface area contributed by atoms with E-state index in [9.17, 15) is 23.7 Å². The summed E-state index contributed by atoms with van der Waals surface area (Å²) < 4.78 is 28.0. The molecule has 0 fully saturated rings. The van der Waals surface area contributed by atoms with Crippen LogP contribution in [0.15, 0.2) is 66.7 Å². The molecule has 3 rings (SSSR count). The summed E-state index contributed by atoms with van der Waals surface area (Å²) in [6.45, 7) is 0. The zero-order chi connectivity index (χ0) is 18.7. The molecule has 3 aromatic carbocycles. The predicted molar refractivity (Wildman–Crippen MR) is 92.8 cm³/mol. The number of nitro groups is 1. The Balaban J connectivity index is 2.01. The largest absolute Gasteiger partial charge is 0.319 e. The van der Waals surface area contributed by atoms with Gasteiger partial charge in [0, 0.05) is 29.3 Å². The fraction of sp³-hybridized carbons (Fsp3) is 0. The first-order chi connectivity index (χ1) is 12.5. The quantitative estimate of drug-likeness (QED) is 0.541. The van der Waals surface area contributed by atoms with Crippen molar-refractivity contribution in [1.82, 2.24) is 0 Å².